The highest BCUT2D eigenvalue weighted by atomic mass is 19.1. The summed E-state index contributed by atoms with van der Waals surface area (Å²) >= 11 is 0. The van der Waals surface area contributed by atoms with E-state index in [1.807, 2.05) is 13.8 Å². The molecule has 0 spiro atoms. The van der Waals surface area contributed by atoms with Gasteiger partial charge in [0, 0.05) is 12.0 Å². The molecule has 1 fully saturated rings. The molecular formula is C14H19FN2O. The molecule has 1 saturated heterocycles. The molecule has 0 aliphatic carbocycles. The molecule has 0 aromatic heterocycles. The van der Waals surface area contributed by atoms with E-state index in [-0.39, 0.29) is 5.82 Å². The van der Waals surface area contributed by atoms with Crippen LogP contribution in [-0.2, 0) is 0 Å². The molecule has 0 unspecified atom stereocenters. The second-order valence-electron chi connectivity index (χ2n) is 4.76. The molecule has 0 saturated carbocycles. The van der Waals surface area contributed by atoms with E-state index in [1.54, 1.807) is 6.07 Å². The van der Waals surface area contributed by atoms with Gasteiger partial charge in [-0.05, 0) is 51.4 Å². The number of piperidine rings is 1. The number of rotatable bonds is 3. The molecule has 0 bridgehead atoms. The topological polar surface area (TPSA) is 33.6 Å². The number of hydrogen-bond acceptors (Lipinski definition) is 3. The van der Waals surface area contributed by atoms with Gasteiger partial charge >= 0.3 is 0 Å². The van der Waals surface area contributed by atoms with Gasteiger partial charge in [-0.15, -0.1) is 0 Å². The van der Waals surface area contributed by atoms with Crippen LogP contribution in [0.3, 0.4) is 0 Å². The minimum Gasteiger partial charge on any atom is -0.357 e. The molecule has 1 heterocycles. The van der Waals surface area contributed by atoms with Gasteiger partial charge in [-0.2, -0.15) is 0 Å². The molecule has 18 heavy (non-hydrogen) atoms. The van der Waals surface area contributed by atoms with Crippen LogP contribution in [0.25, 0.3) is 0 Å². The summed E-state index contributed by atoms with van der Waals surface area (Å²) in [5.41, 5.74) is 1.87. The Morgan fingerprint density at radius 3 is 2.83 bits per heavy atom. The SMILES string of the molecule is CC(=NOc1cc(F)ccc1C)C1CCNCC1. The first kappa shape index (κ1) is 13.0. The number of aryl methyl sites for hydroxylation is 1. The summed E-state index contributed by atoms with van der Waals surface area (Å²) in [6.45, 7) is 5.90. The van der Waals surface area contributed by atoms with Crippen LogP contribution in [0.15, 0.2) is 23.4 Å². The Labute approximate surface area is 107 Å². The van der Waals surface area contributed by atoms with Gasteiger partial charge in [0.2, 0.25) is 0 Å². The maximum Gasteiger partial charge on any atom is 0.163 e. The summed E-state index contributed by atoms with van der Waals surface area (Å²) in [5, 5.41) is 7.46. The summed E-state index contributed by atoms with van der Waals surface area (Å²) in [6, 6.07) is 4.49. The third-order valence-electron chi connectivity index (χ3n) is 3.37. The van der Waals surface area contributed by atoms with E-state index < -0.39 is 0 Å². The molecule has 1 N–H and O–H groups in total. The third kappa shape index (κ3) is 3.29. The number of nitrogens with one attached hydrogen (secondary N) is 1. The zero-order valence-electron chi connectivity index (χ0n) is 10.9. The molecule has 1 aromatic carbocycles. The van der Waals surface area contributed by atoms with Crippen LogP contribution in [0.5, 0.6) is 5.75 Å². The summed E-state index contributed by atoms with van der Waals surface area (Å²) < 4.78 is 13.1. The van der Waals surface area contributed by atoms with Crippen molar-refractivity contribution >= 4 is 5.71 Å². The Hall–Kier alpha value is -1.42. The van der Waals surface area contributed by atoms with Gasteiger partial charge in [-0.1, -0.05) is 11.2 Å². The van der Waals surface area contributed by atoms with Crippen molar-refractivity contribution in [1.82, 2.24) is 5.32 Å². The van der Waals surface area contributed by atoms with Crippen LogP contribution in [0.2, 0.25) is 0 Å². The summed E-state index contributed by atoms with van der Waals surface area (Å²) in [7, 11) is 0. The predicted octanol–water partition coefficient (Wildman–Crippen LogP) is 2.89. The second-order valence-corrected chi connectivity index (χ2v) is 4.76. The fraction of sp³-hybridized carbons (Fsp3) is 0.500. The predicted molar refractivity (Wildman–Crippen MR) is 70.5 cm³/mol. The van der Waals surface area contributed by atoms with Crippen molar-refractivity contribution in [2.45, 2.75) is 26.7 Å². The first-order valence-electron chi connectivity index (χ1n) is 6.35. The molecule has 3 nitrogen and oxygen atoms in total. The molecule has 98 valence electrons. The van der Waals surface area contributed by atoms with Crippen molar-refractivity contribution in [3.63, 3.8) is 0 Å². The van der Waals surface area contributed by atoms with E-state index >= 15 is 0 Å². The Bertz CT molecular complexity index is 439. The monoisotopic (exact) mass is 250 g/mol. The quantitative estimate of drug-likeness (QED) is 0.661. The number of halogens is 1. The number of benzene rings is 1. The zero-order valence-corrected chi connectivity index (χ0v) is 10.9. The molecule has 0 amide bonds. The highest BCUT2D eigenvalue weighted by Gasteiger charge is 2.16. The molecular weight excluding hydrogens is 231 g/mol. The van der Waals surface area contributed by atoms with Crippen molar-refractivity contribution in [2.24, 2.45) is 11.1 Å². The normalized spacial score (nSPS) is 17.8. The summed E-state index contributed by atoms with van der Waals surface area (Å²) in [6.07, 6.45) is 2.17. The van der Waals surface area contributed by atoms with Crippen LogP contribution in [-0.4, -0.2) is 18.8 Å². The van der Waals surface area contributed by atoms with E-state index in [4.69, 9.17) is 4.84 Å². The average molecular weight is 250 g/mol. The molecule has 4 heteroatoms. The summed E-state index contributed by atoms with van der Waals surface area (Å²) in [5.74, 6) is 0.661. The number of hydrogen-bond donors (Lipinski definition) is 1. The Kier molecular flexibility index (Phi) is 4.31. The molecule has 1 aliphatic rings. The van der Waals surface area contributed by atoms with Gasteiger partial charge in [0.25, 0.3) is 0 Å². The van der Waals surface area contributed by atoms with Crippen molar-refractivity contribution in [3.8, 4) is 5.75 Å². The van der Waals surface area contributed by atoms with Crippen LogP contribution >= 0.6 is 0 Å². The smallest absolute Gasteiger partial charge is 0.163 e. The Morgan fingerprint density at radius 1 is 1.39 bits per heavy atom. The van der Waals surface area contributed by atoms with Gasteiger partial charge in [-0.25, -0.2) is 4.39 Å². The first-order valence-corrected chi connectivity index (χ1v) is 6.35. The van der Waals surface area contributed by atoms with E-state index in [0.29, 0.717) is 11.7 Å². The van der Waals surface area contributed by atoms with Gasteiger partial charge in [0.15, 0.2) is 5.75 Å². The minimum absolute atomic E-state index is 0.301. The van der Waals surface area contributed by atoms with Crippen LogP contribution in [0.1, 0.15) is 25.3 Å². The molecule has 1 aliphatic heterocycles. The van der Waals surface area contributed by atoms with Gasteiger partial charge in [0.1, 0.15) is 5.82 Å². The number of nitrogens with zero attached hydrogens (tertiary/aromatic N) is 1. The van der Waals surface area contributed by atoms with E-state index in [9.17, 15) is 4.39 Å². The van der Waals surface area contributed by atoms with E-state index in [2.05, 4.69) is 10.5 Å². The van der Waals surface area contributed by atoms with Crippen molar-refractivity contribution in [3.05, 3.63) is 29.6 Å². The lowest BCUT2D eigenvalue weighted by molar-refractivity contribution is 0.328. The lowest BCUT2D eigenvalue weighted by Gasteiger charge is -2.21. The van der Waals surface area contributed by atoms with Crippen LogP contribution in [0.4, 0.5) is 4.39 Å². The largest absolute Gasteiger partial charge is 0.357 e. The highest BCUT2D eigenvalue weighted by molar-refractivity contribution is 5.84. The maximum atomic E-state index is 13.1. The van der Waals surface area contributed by atoms with E-state index in [1.165, 1.54) is 12.1 Å². The van der Waals surface area contributed by atoms with Crippen molar-refractivity contribution in [2.75, 3.05) is 13.1 Å². The van der Waals surface area contributed by atoms with Gasteiger partial charge in [-0.3, -0.25) is 0 Å². The molecule has 0 atom stereocenters. The minimum atomic E-state index is -0.301. The van der Waals surface area contributed by atoms with Crippen LogP contribution < -0.4 is 10.2 Å². The van der Waals surface area contributed by atoms with Gasteiger partial charge in [0.05, 0.1) is 5.71 Å². The maximum absolute atomic E-state index is 13.1. The average Bonchev–Trinajstić information content (AvgIpc) is 2.40. The van der Waals surface area contributed by atoms with Gasteiger partial charge < -0.3 is 10.2 Å². The van der Waals surface area contributed by atoms with Crippen LogP contribution in [0, 0.1) is 18.7 Å². The lowest BCUT2D eigenvalue weighted by atomic mass is 9.94. The van der Waals surface area contributed by atoms with E-state index in [0.717, 1.165) is 37.2 Å². The zero-order chi connectivity index (χ0) is 13.0. The fourth-order valence-electron chi connectivity index (χ4n) is 2.11. The standard InChI is InChI=1S/C14H19FN2O/c1-10-3-4-13(15)9-14(10)18-17-11(2)12-5-7-16-8-6-12/h3-4,9,12,16H,5-8H2,1-2H3. The van der Waals surface area contributed by atoms with Crippen molar-refractivity contribution in [1.29, 1.82) is 0 Å². The lowest BCUT2D eigenvalue weighted by Crippen LogP contribution is -2.31. The first-order chi connectivity index (χ1) is 8.66. The van der Waals surface area contributed by atoms with Crippen molar-refractivity contribution < 1.29 is 9.23 Å². The Balaban J connectivity index is 2.02. The molecule has 2 rings (SSSR count). The fourth-order valence-corrected chi connectivity index (χ4v) is 2.11. The number of oxime groups is 1. The molecule has 1 aromatic rings. The third-order valence-corrected chi connectivity index (χ3v) is 3.37. The summed E-state index contributed by atoms with van der Waals surface area (Å²) in [4.78, 5) is 5.36. The highest BCUT2D eigenvalue weighted by Crippen LogP contribution is 2.20. The second kappa shape index (κ2) is 5.96. The molecule has 0 radical (unpaired) electrons. The Morgan fingerprint density at radius 2 is 2.11 bits per heavy atom.